The van der Waals surface area contributed by atoms with Gasteiger partial charge in [-0.25, -0.2) is 0 Å². The maximum absolute atomic E-state index is 9.98. The molecule has 0 unspecified atom stereocenters. The number of Topliss-reactive ketones (excluding diaryl/α,β-unsaturated/α-hetero) is 6. The van der Waals surface area contributed by atoms with Crippen molar-refractivity contribution in [2.24, 2.45) is 0 Å². The summed E-state index contributed by atoms with van der Waals surface area (Å²) in [6, 6.07) is 0. The van der Waals surface area contributed by atoms with Crippen LogP contribution in [0.1, 0.15) is 41.5 Å². The predicted molar refractivity (Wildman–Crippen MR) is 80.6 cm³/mol. The van der Waals surface area contributed by atoms with E-state index in [-0.39, 0.29) is 81.5 Å². The topological polar surface area (TPSA) is 134 Å². The second-order valence-corrected chi connectivity index (χ2v) is 4.10. The van der Waals surface area contributed by atoms with Crippen molar-refractivity contribution in [1.82, 2.24) is 0 Å². The molecule has 23 heavy (non-hydrogen) atoms. The van der Waals surface area contributed by atoms with Crippen LogP contribution in [-0.4, -0.2) is 40.2 Å². The molecule has 0 amide bonds. The van der Waals surface area contributed by atoms with Crippen LogP contribution >= 0.6 is 0 Å². The first-order valence-corrected chi connectivity index (χ1v) is 5.96. The van der Waals surface area contributed by atoms with E-state index in [2.05, 4.69) is 0 Å². The molecular formula is C15H23O7Pr. The van der Waals surface area contributed by atoms with Gasteiger partial charge < -0.3 is 34.2 Å². The van der Waals surface area contributed by atoms with Gasteiger partial charge in [0.1, 0.15) is 0 Å². The summed E-state index contributed by atoms with van der Waals surface area (Å²) in [7, 11) is 0. The molecule has 0 heterocycles. The van der Waals surface area contributed by atoms with E-state index >= 15 is 0 Å². The van der Waals surface area contributed by atoms with Gasteiger partial charge in [-0.15, -0.1) is 0 Å². The minimum Gasteiger partial charge on any atom is -0.412 e. The van der Waals surface area contributed by atoms with E-state index in [4.69, 9.17) is 0 Å². The molecule has 0 aliphatic carbocycles. The van der Waals surface area contributed by atoms with Gasteiger partial charge in [-0.3, -0.25) is 19.3 Å². The molecule has 8 heteroatoms. The normalized spacial score (nSPS) is 7.04. The molecule has 7 nitrogen and oxygen atoms in total. The first-order valence-electron chi connectivity index (χ1n) is 5.96. The number of ketones is 6. The Balaban J connectivity index is -0.0000000675. The fourth-order valence-corrected chi connectivity index (χ4v) is 0.859. The van der Waals surface area contributed by atoms with Gasteiger partial charge in [0.05, 0.1) is 0 Å². The van der Waals surface area contributed by atoms with Crippen LogP contribution in [0.25, 0.3) is 0 Å². The van der Waals surface area contributed by atoms with Crippen LogP contribution in [0.2, 0.25) is 0 Å². The fourth-order valence-electron chi connectivity index (χ4n) is 0.859. The molecule has 0 aromatic heterocycles. The molecule has 0 aliphatic rings. The van der Waals surface area contributed by atoms with Gasteiger partial charge in [-0.2, -0.15) is 0 Å². The Morgan fingerprint density at radius 2 is 0.522 bits per heavy atom. The monoisotopic (exact) mass is 456 g/mol. The molecule has 0 saturated heterocycles. The fraction of sp³-hybridized carbons (Fsp3) is 0.400. The zero-order valence-electron chi connectivity index (χ0n) is 14.3. The standard InChI is InChI=1S/3C5H7O2.H2O.Pr/c3*1-4(6)3-5(2)7;;/h3*3H,1-2H3;1H2;/q3*-1;;+3. The Kier molecular flexibility index (Phi) is 30.6. The number of hydrogen-bond donors (Lipinski definition) is 0. The van der Waals surface area contributed by atoms with Gasteiger partial charge in [-0.05, 0) is 41.5 Å². The summed E-state index contributed by atoms with van der Waals surface area (Å²) in [5.41, 5.74) is 0. The van der Waals surface area contributed by atoms with E-state index in [0.29, 0.717) is 0 Å². The Bertz CT molecular complexity index is 316. The number of rotatable bonds is 6. The van der Waals surface area contributed by atoms with Crippen LogP contribution in [0, 0.1) is 60.6 Å². The summed E-state index contributed by atoms with van der Waals surface area (Å²) >= 11 is 0. The van der Waals surface area contributed by atoms with Gasteiger partial charge in [0, 0.05) is 34.7 Å². The van der Waals surface area contributed by atoms with Crippen molar-refractivity contribution >= 4 is 34.7 Å². The largest absolute Gasteiger partial charge is 3.00 e. The summed E-state index contributed by atoms with van der Waals surface area (Å²) in [5, 5.41) is 0. The minimum atomic E-state index is -0.187. The molecule has 2 N–H and O–H groups in total. The molecule has 0 fully saturated rings. The van der Waals surface area contributed by atoms with Crippen LogP contribution in [0.15, 0.2) is 0 Å². The Morgan fingerprint density at radius 3 is 0.522 bits per heavy atom. The van der Waals surface area contributed by atoms with Gasteiger partial charge in [0.25, 0.3) is 0 Å². The molecule has 128 valence electrons. The average Bonchev–Trinajstić information content (AvgIpc) is 2.10. The zero-order valence-corrected chi connectivity index (χ0v) is 18.0. The van der Waals surface area contributed by atoms with E-state index in [9.17, 15) is 28.8 Å². The van der Waals surface area contributed by atoms with E-state index in [1.807, 2.05) is 0 Å². The first kappa shape index (κ1) is 33.5. The Labute approximate surface area is 170 Å². The summed E-state index contributed by atoms with van der Waals surface area (Å²) in [6.07, 6.45) is 3.17. The molecule has 0 aliphatic heterocycles. The van der Waals surface area contributed by atoms with Gasteiger partial charge >= 0.3 is 41.3 Å². The third-order valence-corrected chi connectivity index (χ3v) is 1.22. The average molecular weight is 456 g/mol. The van der Waals surface area contributed by atoms with Gasteiger partial charge in [0.2, 0.25) is 0 Å². The third-order valence-electron chi connectivity index (χ3n) is 1.22. The van der Waals surface area contributed by atoms with Crippen molar-refractivity contribution in [3.8, 4) is 0 Å². The molecule has 0 aromatic carbocycles. The molecule has 0 atom stereocenters. The van der Waals surface area contributed by atoms with Crippen molar-refractivity contribution < 1.29 is 75.5 Å². The quantitative estimate of drug-likeness (QED) is 0.417. The van der Waals surface area contributed by atoms with E-state index < -0.39 is 0 Å². The second kappa shape index (κ2) is 21.0. The maximum atomic E-state index is 9.98. The molecule has 0 saturated carbocycles. The molecule has 0 bridgehead atoms. The van der Waals surface area contributed by atoms with Crippen LogP contribution < -0.4 is 0 Å². The first-order chi connectivity index (χ1) is 9.38. The van der Waals surface area contributed by atoms with Gasteiger partial charge in [-0.1, -0.05) is 0 Å². The molecule has 0 spiro atoms. The smallest absolute Gasteiger partial charge is 0.412 e. The van der Waals surface area contributed by atoms with Gasteiger partial charge in [0.15, 0.2) is 0 Å². The Morgan fingerprint density at radius 1 is 0.435 bits per heavy atom. The zero-order chi connectivity index (χ0) is 17.6. The van der Waals surface area contributed by atoms with E-state index in [0.717, 1.165) is 19.3 Å². The van der Waals surface area contributed by atoms with Crippen molar-refractivity contribution in [1.29, 1.82) is 0 Å². The Hall–Kier alpha value is -1.05. The number of carbonyl (C=O) groups excluding carboxylic acids is 6. The van der Waals surface area contributed by atoms with Crippen molar-refractivity contribution in [2.75, 3.05) is 0 Å². The van der Waals surface area contributed by atoms with Crippen molar-refractivity contribution in [3.05, 3.63) is 19.3 Å². The van der Waals surface area contributed by atoms with E-state index in [1.165, 1.54) is 41.5 Å². The van der Waals surface area contributed by atoms with Crippen molar-refractivity contribution in [3.63, 3.8) is 0 Å². The van der Waals surface area contributed by atoms with Crippen LogP contribution in [0.4, 0.5) is 0 Å². The SMILES string of the molecule is CC(=O)[CH-]C(C)=O.CC(=O)[CH-]C(C)=O.CC(=O)[CH-]C(C)=O.O.[Pr+3]. The van der Waals surface area contributed by atoms with Crippen LogP contribution in [0.5, 0.6) is 0 Å². The third kappa shape index (κ3) is 62.7. The number of hydrogen-bond acceptors (Lipinski definition) is 6. The molecule has 0 radical (unpaired) electrons. The summed E-state index contributed by atoms with van der Waals surface area (Å²) in [5.74, 6) is -1.12. The van der Waals surface area contributed by atoms with Crippen LogP contribution in [0.3, 0.4) is 0 Å². The van der Waals surface area contributed by atoms with Crippen LogP contribution in [-0.2, 0) is 28.8 Å². The number of carbonyl (C=O) groups is 6. The summed E-state index contributed by atoms with van der Waals surface area (Å²) < 4.78 is 0. The minimum absolute atomic E-state index is 0. The summed E-state index contributed by atoms with van der Waals surface area (Å²) in [6.45, 7) is 8.09. The molecular weight excluding hydrogens is 433 g/mol. The maximum Gasteiger partial charge on any atom is 3.00 e. The van der Waals surface area contributed by atoms with Crippen molar-refractivity contribution in [2.45, 2.75) is 41.5 Å². The molecule has 0 aromatic rings. The second-order valence-electron chi connectivity index (χ2n) is 4.10. The van der Waals surface area contributed by atoms with E-state index in [1.54, 1.807) is 0 Å². The summed E-state index contributed by atoms with van der Waals surface area (Å²) in [4.78, 5) is 59.9. The molecule has 0 rings (SSSR count). The predicted octanol–water partition coefficient (Wildman–Crippen LogP) is 0.281.